The van der Waals surface area contributed by atoms with Crippen LogP contribution in [0.3, 0.4) is 0 Å². The molecule has 0 radical (unpaired) electrons. The van der Waals surface area contributed by atoms with Gasteiger partial charge >= 0.3 is 11.8 Å². The molecule has 8 heteroatoms. The second-order valence-electron chi connectivity index (χ2n) is 9.89. The molecule has 2 unspecified atom stereocenters. The lowest BCUT2D eigenvalue weighted by Crippen LogP contribution is -2.53. The smallest absolute Gasteiger partial charge is 0.309 e. The van der Waals surface area contributed by atoms with E-state index in [0.29, 0.717) is 13.0 Å². The quantitative estimate of drug-likeness (QED) is 0.287. The first-order valence-electron chi connectivity index (χ1n) is 13.3. The number of nitrogens with zero attached hydrogens (tertiary/aromatic N) is 2. The molecule has 0 saturated carbocycles. The van der Waals surface area contributed by atoms with E-state index in [1.165, 1.54) is 10.4 Å². The highest BCUT2D eigenvalue weighted by Crippen LogP contribution is 2.29. The summed E-state index contributed by atoms with van der Waals surface area (Å²) in [4.78, 5) is 34.8. The lowest BCUT2D eigenvalue weighted by molar-refractivity contribution is -0.139. The van der Waals surface area contributed by atoms with E-state index in [0.717, 1.165) is 49.2 Å². The lowest BCUT2D eigenvalue weighted by atomic mass is 10.0. The lowest BCUT2D eigenvalue weighted by Gasteiger charge is -2.41. The summed E-state index contributed by atoms with van der Waals surface area (Å²) in [5.41, 5.74) is 3.52. The van der Waals surface area contributed by atoms with Crippen molar-refractivity contribution in [1.29, 1.82) is 0 Å². The van der Waals surface area contributed by atoms with Gasteiger partial charge in [-0.05, 0) is 42.0 Å². The summed E-state index contributed by atoms with van der Waals surface area (Å²) in [6, 6.07) is 22.6. The van der Waals surface area contributed by atoms with Gasteiger partial charge in [-0.15, -0.1) is 11.3 Å². The molecule has 4 aromatic rings. The molecule has 2 aromatic heterocycles. The number of fused-ring (bicyclic) bond motifs is 1. The van der Waals surface area contributed by atoms with E-state index >= 15 is 0 Å². The van der Waals surface area contributed by atoms with Crippen LogP contribution < -0.4 is 10.6 Å². The zero-order valence-corrected chi connectivity index (χ0v) is 22.5. The minimum atomic E-state index is -0.589. The molecule has 5 rings (SSSR count). The van der Waals surface area contributed by atoms with Crippen LogP contribution in [0, 0.1) is 0 Å². The molecule has 1 fully saturated rings. The molecule has 1 saturated heterocycles. The number of hydrogen-bond donors (Lipinski definition) is 3. The van der Waals surface area contributed by atoms with Crippen LogP contribution in [0.5, 0.6) is 0 Å². The maximum Gasteiger partial charge on any atom is 0.309 e. The molecule has 3 heterocycles. The third kappa shape index (κ3) is 6.32. The fourth-order valence-corrected chi connectivity index (χ4v) is 6.29. The van der Waals surface area contributed by atoms with Crippen molar-refractivity contribution in [2.24, 2.45) is 0 Å². The van der Waals surface area contributed by atoms with Crippen molar-refractivity contribution < 1.29 is 9.59 Å². The molecule has 7 nitrogen and oxygen atoms in total. The van der Waals surface area contributed by atoms with Gasteiger partial charge in [0.1, 0.15) is 0 Å². The zero-order valence-electron chi connectivity index (χ0n) is 21.7. The summed E-state index contributed by atoms with van der Waals surface area (Å²) < 4.78 is 0. The summed E-state index contributed by atoms with van der Waals surface area (Å²) in [5, 5.41) is 8.98. The van der Waals surface area contributed by atoms with E-state index in [4.69, 9.17) is 0 Å². The van der Waals surface area contributed by atoms with E-state index in [2.05, 4.69) is 67.2 Å². The molecule has 38 heavy (non-hydrogen) atoms. The number of nitrogens with one attached hydrogen (secondary N) is 3. The third-order valence-corrected chi connectivity index (χ3v) is 8.22. The molecule has 2 amide bonds. The summed E-state index contributed by atoms with van der Waals surface area (Å²) in [5.74, 6) is -1.17. The molecule has 2 aromatic carbocycles. The summed E-state index contributed by atoms with van der Waals surface area (Å²) in [6.45, 7) is 7.10. The predicted molar refractivity (Wildman–Crippen MR) is 153 cm³/mol. The van der Waals surface area contributed by atoms with Crippen LogP contribution in [0.15, 0.2) is 78.3 Å². The Bertz CT molecular complexity index is 1330. The normalized spacial score (nSPS) is 16.2. The Hall–Kier alpha value is -3.46. The second kappa shape index (κ2) is 12.4. The van der Waals surface area contributed by atoms with Crippen molar-refractivity contribution in [3.05, 3.63) is 94.3 Å². The van der Waals surface area contributed by atoms with E-state index in [1.54, 1.807) is 11.3 Å². The fraction of sp³-hybridized carbons (Fsp3) is 0.333. The standard InChI is InChI=1S/C30H35N5O2S/c1-22(33-30(37)29(36)31-14-13-24-20-32-26-11-6-5-10-25(24)26)28(27-12-7-19-38-27)35-17-15-34(16-18-35)21-23-8-3-2-4-9-23/h2-12,19-20,22,28,32H,13-18,21H2,1H3,(H,31,36)(H,33,37). The number of H-pyrrole nitrogens is 1. The SMILES string of the molecule is CC(NC(=O)C(=O)NCCc1c[nH]c2ccccc12)C(c1cccs1)N1CCN(Cc2ccccc2)CC1. The predicted octanol–water partition coefficient (Wildman–Crippen LogP) is 3.95. The van der Waals surface area contributed by atoms with Crippen LogP contribution in [0.25, 0.3) is 10.9 Å². The van der Waals surface area contributed by atoms with Gasteiger partial charge in [0.15, 0.2) is 0 Å². The van der Waals surface area contributed by atoms with Crippen molar-refractivity contribution >= 4 is 34.1 Å². The largest absolute Gasteiger partial charge is 0.361 e. The molecule has 0 bridgehead atoms. The van der Waals surface area contributed by atoms with E-state index in [1.807, 2.05) is 43.5 Å². The summed E-state index contributed by atoms with van der Waals surface area (Å²) in [7, 11) is 0. The Kier molecular flexibility index (Phi) is 8.53. The first kappa shape index (κ1) is 26.2. The summed E-state index contributed by atoms with van der Waals surface area (Å²) in [6.07, 6.45) is 2.62. The second-order valence-corrected chi connectivity index (χ2v) is 10.9. The Morgan fingerprint density at radius 3 is 2.47 bits per heavy atom. The van der Waals surface area contributed by atoms with Crippen molar-refractivity contribution in [1.82, 2.24) is 25.4 Å². The highest BCUT2D eigenvalue weighted by atomic mass is 32.1. The Morgan fingerprint density at radius 2 is 1.71 bits per heavy atom. The maximum atomic E-state index is 12.8. The Labute approximate surface area is 227 Å². The van der Waals surface area contributed by atoms with Crippen LogP contribution in [0.1, 0.15) is 29.0 Å². The van der Waals surface area contributed by atoms with E-state index in [-0.39, 0.29) is 12.1 Å². The molecule has 1 aliphatic rings. The number of carbonyl (C=O) groups is 2. The molecule has 1 aliphatic heterocycles. The minimum Gasteiger partial charge on any atom is -0.361 e. The highest BCUT2D eigenvalue weighted by Gasteiger charge is 2.31. The van der Waals surface area contributed by atoms with Gasteiger partial charge in [0, 0.05) is 67.3 Å². The van der Waals surface area contributed by atoms with Gasteiger partial charge in [0.2, 0.25) is 0 Å². The van der Waals surface area contributed by atoms with E-state index < -0.39 is 11.8 Å². The Balaban J connectivity index is 1.14. The van der Waals surface area contributed by atoms with Crippen LogP contribution in [0.4, 0.5) is 0 Å². The van der Waals surface area contributed by atoms with Gasteiger partial charge in [-0.25, -0.2) is 0 Å². The van der Waals surface area contributed by atoms with Gasteiger partial charge in [0.25, 0.3) is 0 Å². The number of benzene rings is 2. The van der Waals surface area contributed by atoms with Gasteiger partial charge < -0.3 is 15.6 Å². The molecule has 3 N–H and O–H groups in total. The number of piperazine rings is 1. The first-order valence-corrected chi connectivity index (χ1v) is 14.1. The molecular weight excluding hydrogens is 494 g/mol. The number of aromatic amines is 1. The average Bonchev–Trinajstić information content (AvgIpc) is 3.61. The third-order valence-electron chi connectivity index (χ3n) is 7.28. The average molecular weight is 530 g/mol. The van der Waals surface area contributed by atoms with Gasteiger partial charge in [-0.1, -0.05) is 54.6 Å². The Morgan fingerprint density at radius 1 is 0.947 bits per heavy atom. The molecule has 198 valence electrons. The van der Waals surface area contributed by atoms with Crippen molar-refractivity contribution in [3.63, 3.8) is 0 Å². The number of aromatic nitrogens is 1. The van der Waals surface area contributed by atoms with Gasteiger partial charge in [-0.2, -0.15) is 0 Å². The minimum absolute atomic E-state index is 0.0249. The first-order chi connectivity index (χ1) is 18.6. The van der Waals surface area contributed by atoms with Crippen molar-refractivity contribution in [2.45, 2.75) is 32.0 Å². The monoisotopic (exact) mass is 529 g/mol. The van der Waals surface area contributed by atoms with Crippen LogP contribution in [-0.4, -0.2) is 65.4 Å². The number of para-hydroxylation sites is 1. The summed E-state index contributed by atoms with van der Waals surface area (Å²) >= 11 is 1.70. The zero-order chi connectivity index (χ0) is 26.3. The number of hydrogen-bond acceptors (Lipinski definition) is 5. The molecule has 0 spiro atoms. The van der Waals surface area contributed by atoms with Gasteiger partial charge in [-0.3, -0.25) is 19.4 Å². The topological polar surface area (TPSA) is 80.5 Å². The van der Waals surface area contributed by atoms with E-state index in [9.17, 15) is 9.59 Å². The number of carbonyl (C=O) groups excluding carboxylic acids is 2. The number of thiophene rings is 1. The number of rotatable bonds is 9. The maximum absolute atomic E-state index is 12.8. The highest BCUT2D eigenvalue weighted by molar-refractivity contribution is 7.10. The van der Waals surface area contributed by atoms with Crippen LogP contribution in [-0.2, 0) is 22.6 Å². The molecule has 2 atom stereocenters. The molecular formula is C30H35N5O2S. The van der Waals surface area contributed by atoms with Crippen LogP contribution in [0.2, 0.25) is 0 Å². The fourth-order valence-electron chi connectivity index (χ4n) is 5.32. The van der Waals surface area contributed by atoms with Gasteiger partial charge in [0.05, 0.1) is 6.04 Å². The van der Waals surface area contributed by atoms with Crippen LogP contribution >= 0.6 is 11.3 Å². The van der Waals surface area contributed by atoms with Crippen molar-refractivity contribution in [2.75, 3.05) is 32.7 Å². The molecule has 0 aliphatic carbocycles. The number of amides is 2. The van der Waals surface area contributed by atoms with Crippen molar-refractivity contribution in [3.8, 4) is 0 Å².